The van der Waals surface area contributed by atoms with Crippen molar-refractivity contribution < 1.29 is 19.0 Å². The Balaban J connectivity index is 3.01. The predicted octanol–water partition coefficient (Wildman–Crippen LogP) is 1.37. The van der Waals surface area contributed by atoms with Gasteiger partial charge in [-0.2, -0.15) is 0 Å². The molecular formula is C9H17BrO4. The minimum absolute atomic E-state index is 0.214. The van der Waals surface area contributed by atoms with Crippen LogP contribution in [0.3, 0.4) is 0 Å². The normalized spacial score (nSPS) is 10.1. The van der Waals surface area contributed by atoms with Crippen molar-refractivity contribution >= 4 is 21.9 Å². The highest BCUT2D eigenvalue weighted by molar-refractivity contribution is 9.09. The summed E-state index contributed by atoms with van der Waals surface area (Å²) in [6, 6.07) is 0. The van der Waals surface area contributed by atoms with Gasteiger partial charge in [-0.1, -0.05) is 15.9 Å². The second kappa shape index (κ2) is 10.9. The molecule has 0 aliphatic heterocycles. The molecule has 84 valence electrons. The van der Waals surface area contributed by atoms with Gasteiger partial charge in [-0.25, -0.2) is 0 Å². The van der Waals surface area contributed by atoms with Crippen molar-refractivity contribution in [3.05, 3.63) is 0 Å². The van der Waals surface area contributed by atoms with Gasteiger partial charge in [0.05, 0.1) is 39.5 Å². The highest BCUT2D eigenvalue weighted by Crippen LogP contribution is 1.88. The molecule has 0 bridgehead atoms. The molecule has 14 heavy (non-hydrogen) atoms. The number of carbonyl (C=O) groups excluding carboxylic acids is 1. The van der Waals surface area contributed by atoms with Crippen LogP contribution in [-0.2, 0) is 19.0 Å². The van der Waals surface area contributed by atoms with Gasteiger partial charge in [0.2, 0.25) is 0 Å². The molecule has 0 unspecified atom stereocenters. The van der Waals surface area contributed by atoms with Crippen molar-refractivity contribution in [2.75, 3.05) is 38.4 Å². The van der Waals surface area contributed by atoms with Gasteiger partial charge in [0.25, 0.3) is 0 Å². The van der Waals surface area contributed by atoms with Crippen LogP contribution in [0.25, 0.3) is 0 Å². The molecular weight excluding hydrogens is 252 g/mol. The van der Waals surface area contributed by atoms with Gasteiger partial charge >= 0.3 is 5.97 Å². The Kier molecular flexibility index (Phi) is 10.8. The summed E-state index contributed by atoms with van der Waals surface area (Å²) in [5.41, 5.74) is 0. The number of hydrogen-bond donors (Lipinski definition) is 0. The Hall–Kier alpha value is -0.130. The first-order valence-corrected chi connectivity index (χ1v) is 5.80. The first-order valence-electron chi connectivity index (χ1n) is 4.68. The minimum Gasteiger partial charge on any atom is -0.466 e. The number of rotatable bonds is 9. The average molecular weight is 269 g/mol. The summed E-state index contributed by atoms with van der Waals surface area (Å²) in [6.07, 6.45) is 0.312. The maximum absolute atomic E-state index is 10.8. The Morgan fingerprint density at radius 1 is 1.14 bits per heavy atom. The van der Waals surface area contributed by atoms with Crippen LogP contribution in [0, 0.1) is 0 Å². The van der Waals surface area contributed by atoms with Crippen molar-refractivity contribution in [3.63, 3.8) is 0 Å². The predicted molar refractivity (Wildman–Crippen MR) is 56.7 cm³/mol. The summed E-state index contributed by atoms with van der Waals surface area (Å²) >= 11 is 3.24. The van der Waals surface area contributed by atoms with E-state index in [0.29, 0.717) is 39.5 Å². The van der Waals surface area contributed by atoms with Gasteiger partial charge in [-0.15, -0.1) is 0 Å². The molecule has 0 aliphatic carbocycles. The number of alkyl halides is 1. The molecule has 0 fully saturated rings. The van der Waals surface area contributed by atoms with Crippen molar-refractivity contribution in [1.82, 2.24) is 0 Å². The molecule has 0 N–H and O–H groups in total. The number of ether oxygens (including phenoxy) is 3. The number of esters is 1. The summed E-state index contributed by atoms with van der Waals surface area (Å²) in [4.78, 5) is 10.8. The molecule has 0 aromatic heterocycles. The first kappa shape index (κ1) is 13.9. The zero-order valence-electron chi connectivity index (χ0n) is 8.46. The molecule has 0 aliphatic rings. The lowest BCUT2D eigenvalue weighted by Crippen LogP contribution is -2.11. The van der Waals surface area contributed by atoms with Gasteiger partial charge in [-0.3, -0.25) is 4.79 Å². The molecule has 4 nitrogen and oxygen atoms in total. The highest BCUT2D eigenvalue weighted by atomic mass is 79.9. The SMILES string of the molecule is CCOC(=O)CCOCCOCCBr. The van der Waals surface area contributed by atoms with E-state index < -0.39 is 0 Å². The summed E-state index contributed by atoms with van der Waals surface area (Å²) < 4.78 is 15.0. The standard InChI is InChI=1S/C9H17BrO4/c1-2-14-9(11)3-5-12-7-8-13-6-4-10/h2-8H2,1H3. The Bertz CT molecular complexity index is 141. The first-order chi connectivity index (χ1) is 6.81. The average Bonchev–Trinajstić information content (AvgIpc) is 2.17. The van der Waals surface area contributed by atoms with Crippen LogP contribution in [-0.4, -0.2) is 44.3 Å². The van der Waals surface area contributed by atoms with Crippen molar-refractivity contribution in [2.45, 2.75) is 13.3 Å². The fourth-order valence-electron chi connectivity index (χ4n) is 0.765. The van der Waals surface area contributed by atoms with Crippen LogP contribution in [0.5, 0.6) is 0 Å². The van der Waals surface area contributed by atoms with Gasteiger partial charge < -0.3 is 14.2 Å². The summed E-state index contributed by atoms with van der Waals surface area (Å²) in [7, 11) is 0. The fourth-order valence-corrected chi connectivity index (χ4v) is 0.994. The molecule has 0 aromatic carbocycles. The Morgan fingerprint density at radius 3 is 2.36 bits per heavy atom. The molecule has 0 rings (SSSR count). The Morgan fingerprint density at radius 2 is 1.79 bits per heavy atom. The smallest absolute Gasteiger partial charge is 0.308 e. The largest absolute Gasteiger partial charge is 0.466 e. The lowest BCUT2D eigenvalue weighted by atomic mass is 10.5. The summed E-state index contributed by atoms with van der Waals surface area (Å²) in [5.74, 6) is -0.214. The second-order valence-corrected chi connectivity index (χ2v) is 3.26. The zero-order valence-corrected chi connectivity index (χ0v) is 10.0. The lowest BCUT2D eigenvalue weighted by Gasteiger charge is -2.04. The topological polar surface area (TPSA) is 44.8 Å². The quantitative estimate of drug-likeness (QED) is 0.360. The van der Waals surface area contributed by atoms with E-state index in [0.717, 1.165) is 5.33 Å². The maximum atomic E-state index is 10.8. The molecule has 0 atom stereocenters. The van der Waals surface area contributed by atoms with E-state index in [1.165, 1.54) is 0 Å². The van der Waals surface area contributed by atoms with Crippen molar-refractivity contribution in [3.8, 4) is 0 Å². The maximum Gasteiger partial charge on any atom is 0.308 e. The molecule has 0 heterocycles. The molecule has 0 amide bonds. The molecule has 0 aromatic rings. The molecule has 0 saturated carbocycles. The van der Waals surface area contributed by atoms with Crippen LogP contribution in [0.2, 0.25) is 0 Å². The third kappa shape index (κ3) is 9.95. The molecule has 5 heteroatoms. The Labute approximate surface area is 93.0 Å². The van der Waals surface area contributed by atoms with E-state index in [4.69, 9.17) is 14.2 Å². The highest BCUT2D eigenvalue weighted by Gasteiger charge is 2.00. The molecule has 0 saturated heterocycles. The van der Waals surface area contributed by atoms with E-state index in [1.807, 2.05) is 0 Å². The minimum atomic E-state index is -0.214. The summed E-state index contributed by atoms with van der Waals surface area (Å²) in [6.45, 7) is 4.37. The second-order valence-electron chi connectivity index (χ2n) is 2.47. The van der Waals surface area contributed by atoms with E-state index >= 15 is 0 Å². The lowest BCUT2D eigenvalue weighted by molar-refractivity contribution is -0.144. The van der Waals surface area contributed by atoms with E-state index in [9.17, 15) is 4.79 Å². The van der Waals surface area contributed by atoms with Crippen molar-refractivity contribution in [2.24, 2.45) is 0 Å². The van der Waals surface area contributed by atoms with Gasteiger partial charge in [0, 0.05) is 5.33 Å². The van der Waals surface area contributed by atoms with E-state index in [2.05, 4.69) is 15.9 Å². The van der Waals surface area contributed by atoms with Gasteiger partial charge in [0.1, 0.15) is 0 Å². The van der Waals surface area contributed by atoms with E-state index in [-0.39, 0.29) is 5.97 Å². The third-order valence-corrected chi connectivity index (χ3v) is 1.67. The van der Waals surface area contributed by atoms with Crippen LogP contribution >= 0.6 is 15.9 Å². The zero-order chi connectivity index (χ0) is 10.6. The number of hydrogen-bond acceptors (Lipinski definition) is 4. The van der Waals surface area contributed by atoms with Crippen LogP contribution in [0.15, 0.2) is 0 Å². The molecule has 0 radical (unpaired) electrons. The van der Waals surface area contributed by atoms with Gasteiger partial charge in [0.15, 0.2) is 0 Å². The number of halogens is 1. The van der Waals surface area contributed by atoms with Gasteiger partial charge in [-0.05, 0) is 6.92 Å². The number of carbonyl (C=O) groups is 1. The van der Waals surface area contributed by atoms with E-state index in [1.54, 1.807) is 6.92 Å². The third-order valence-electron chi connectivity index (χ3n) is 1.35. The molecule has 0 spiro atoms. The van der Waals surface area contributed by atoms with Crippen LogP contribution in [0.1, 0.15) is 13.3 Å². The monoisotopic (exact) mass is 268 g/mol. The van der Waals surface area contributed by atoms with Crippen LogP contribution in [0.4, 0.5) is 0 Å². The van der Waals surface area contributed by atoms with Crippen molar-refractivity contribution in [1.29, 1.82) is 0 Å². The summed E-state index contributed by atoms with van der Waals surface area (Å²) in [5, 5.41) is 0.829. The van der Waals surface area contributed by atoms with Crippen LogP contribution < -0.4 is 0 Å². The fraction of sp³-hybridized carbons (Fsp3) is 0.889.